The number of aromatic nitrogens is 2. The number of hydrogen-bond acceptors (Lipinski definition) is 4. The monoisotopic (exact) mass is 231 g/mol. The molecule has 0 aliphatic carbocycles. The molecular formula is C8H13N3O3S. The van der Waals surface area contributed by atoms with Gasteiger partial charge < -0.3 is 9.72 Å². The van der Waals surface area contributed by atoms with Gasteiger partial charge >= 0.3 is 0 Å². The molecule has 0 spiro atoms. The molecule has 15 heavy (non-hydrogen) atoms. The Hall–Kier alpha value is -0.920. The predicted molar refractivity (Wildman–Crippen MR) is 52.7 cm³/mol. The Morgan fingerprint density at radius 1 is 1.67 bits per heavy atom. The number of sulfonamides is 1. The lowest BCUT2D eigenvalue weighted by Crippen LogP contribution is -2.29. The fourth-order valence-electron chi connectivity index (χ4n) is 1.44. The molecule has 1 aliphatic heterocycles. The van der Waals surface area contributed by atoms with Gasteiger partial charge in [-0.1, -0.05) is 0 Å². The van der Waals surface area contributed by atoms with Crippen molar-refractivity contribution in [3.8, 4) is 0 Å². The molecule has 2 rings (SSSR count). The fraction of sp³-hybridized carbons (Fsp3) is 0.625. The molecule has 2 heterocycles. The van der Waals surface area contributed by atoms with E-state index in [1.54, 1.807) is 0 Å². The Labute approximate surface area is 88.1 Å². The molecule has 1 aromatic heterocycles. The van der Waals surface area contributed by atoms with Crippen molar-refractivity contribution < 1.29 is 13.2 Å². The predicted octanol–water partition coefficient (Wildman–Crippen LogP) is -0.276. The lowest BCUT2D eigenvalue weighted by molar-refractivity contribution is 0.186. The number of imidazole rings is 1. The SMILES string of the molecule is O=S(=O)(NCC1CCOC1)c1cnc[nH]1. The third-order valence-electron chi connectivity index (χ3n) is 2.35. The first-order chi connectivity index (χ1) is 7.18. The third kappa shape index (κ3) is 2.55. The summed E-state index contributed by atoms with van der Waals surface area (Å²) in [5, 5.41) is 0.0985. The number of H-pyrrole nitrogens is 1. The van der Waals surface area contributed by atoms with Crippen LogP contribution in [-0.2, 0) is 14.8 Å². The first-order valence-electron chi connectivity index (χ1n) is 4.74. The Balaban J connectivity index is 1.93. The van der Waals surface area contributed by atoms with Gasteiger partial charge in [0.2, 0.25) is 0 Å². The zero-order valence-electron chi connectivity index (χ0n) is 8.14. The van der Waals surface area contributed by atoms with E-state index < -0.39 is 10.0 Å². The van der Waals surface area contributed by atoms with Crippen molar-refractivity contribution in [3.63, 3.8) is 0 Å². The van der Waals surface area contributed by atoms with Crippen LogP contribution in [0.5, 0.6) is 0 Å². The molecule has 84 valence electrons. The van der Waals surface area contributed by atoms with E-state index in [1.807, 2.05) is 0 Å². The molecule has 1 unspecified atom stereocenters. The van der Waals surface area contributed by atoms with Gasteiger partial charge in [0.25, 0.3) is 10.0 Å². The summed E-state index contributed by atoms with van der Waals surface area (Å²) < 4.78 is 30.9. The lowest BCUT2D eigenvalue weighted by atomic mass is 10.1. The highest BCUT2D eigenvalue weighted by Gasteiger charge is 2.20. The molecule has 1 aromatic rings. The van der Waals surface area contributed by atoms with Crippen molar-refractivity contribution >= 4 is 10.0 Å². The van der Waals surface area contributed by atoms with E-state index in [1.165, 1.54) is 12.5 Å². The van der Waals surface area contributed by atoms with Gasteiger partial charge in [-0.25, -0.2) is 18.1 Å². The van der Waals surface area contributed by atoms with Crippen LogP contribution >= 0.6 is 0 Å². The number of nitrogens with one attached hydrogen (secondary N) is 2. The summed E-state index contributed by atoms with van der Waals surface area (Å²) in [6, 6.07) is 0. The summed E-state index contributed by atoms with van der Waals surface area (Å²) in [5.41, 5.74) is 0. The van der Waals surface area contributed by atoms with Gasteiger partial charge in [0.05, 0.1) is 19.1 Å². The second-order valence-electron chi connectivity index (χ2n) is 3.50. The quantitative estimate of drug-likeness (QED) is 0.746. The molecule has 1 fully saturated rings. The molecule has 6 nitrogen and oxygen atoms in total. The largest absolute Gasteiger partial charge is 0.381 e. The third-order valence-corrected chi connectivity index (χ3v) is 3.70. The van der Waals surface area contributed by atoms with E-state index in [0.717, 1.165) is 13.0 Å². The Morgan fingerprint density at radius 2 is 2.53 bits per heavy atom. The van der Waals surface area contributed by atoms with E-state index in [4.69, 9.17) is 4.74 Å². The van der Waals surface area contributed by atoms with Gasteiger partial charge in [-0.2, -0.15) is 0 Å². The number of hydrogen-bond donors (Lipinski definition) is 2. The Bertz CT molecular complexity index is 395. The van der Waals surface area contributed by atoms with Crippen LogP contribution < -0.4 is 4.72 Å². The summed E-state index contributed by atoms with van der Waals surface area (Å²) in [6.07, 6.45) is 3.53. The average molecular weight is 231 g/mol. The zero-order valence-corrected chi connectivity index (χ0v) is 8.96. The van der Waals surface area contributed by atoms with Crippen LogP contribution in [0.4, 0.5) is 0 Å². The summed E-state index contributed by atoms with van der Waals surface area (Å²) in [5.74, 6) is 0.280. The highest BCUT2D eigenvalue weighted by Crippen LogP contribution is 2.12. The highest BCUT2D eigenvalue weighted by molar-refractivity contribution is 7.89. The molecule has 1 saturated heterocycles. The van der Waals surface area contributed by atoms with E-state index >= 15 is 0 Å². The van der Waals surface area contributed by atoms with Crippen molar-refractivity contribution in [2.75, 3.05) is 19.8 Å². The molecular weight excluding hydrogens is 218 g/mol. The minimum Gasteiger partial charge on any atom is -0.381 e. The van der Waals surface area contributed by atoms with Crippen molar-refractivity contribution in [2.24, 2.45) is 5.92 Å². The van der Waals surface area contributed by atoms with Crippen molar-refractivity contribution in [1.29, 1.82) is 0 Å². The van der Waals surface area contributed by atoms with Crippen LogP contribution in [0, 0.1) is 5.92 Å². The molecule has 0 radical (unpaired) electrons. The summed E-state index contributed by atoms with van der Waals surface area (Å²) in [7, 11) is -3.43. The maximum Gasteiger partial charge on any atom is 0.257 e. The maximum atomic E-state index is 11.6. The van der Waals surface area contributed by atoms with Crippen LogP contribution in [0.1, 0.15) is 6.42 Å². The van der Waals surface area contributed by atoms with Gasteiger partial charge in [0, 0.05) is 13.2 Å². The minimum atomic E-state index is -3.43. The summed E-state index contributed by atoms with van der Waals surface area (Å²) >= 11 is 0. The Morgan fingerprint density at radius 3 is 3.13 bits per heavy atom. The fourth-order valence-corrected chi connectivity index (χ4v) is 2.46. The van der Waals surface area contributed by atoms with Crippen LogP contribution in [0.25, 0.3) is 0 Å². The second-order valence-corrected chi connectivity index (χ2v) is 5.23. The molecule has 7 heteroatoms. The topological polar surface area (TPSA) is 84.1 Å². The number of ether oxygens (including phenoxy) is 1. The van der Waals surface area contributed by atoms with E-state index in [-0.39, 0.29) is 10.9 Å². The van der Waals surface area contributed by atoms with Crippen LogP contribution in [-0.4, -0.2) is 38.1 Å². The molecule has 1 aliphatic rings. The van der Waals surface area contributed by atoms with Crippen LogP contribution in [0.3, 0.4) is 0 Å². The average Bonchev–Trinajstić information content (AvgIpc) is 2.88. The molecule has 1 atom stereocenters. The standard InChI is InChI=1S/C8H13N3O3S/c12-15(13,8-4-9-6-10-8)11-3-7-1-2-14-5-7/h4,6-7,11H,1-3,5H2,(H,9,10). The summed E-state index contributed by atoms with van der Waals surface area (Å²) in [4.78, 5) is 6.23. The van der Waals surface area contributed by atoms with Crippen molar-refractivity contribution in [1.82, 2.24) is 14.7 Å². The minimum absolute atomic E-state index is 0.0985. The van der Waals surface area contributed by atoms with Gasteiger partial charge in [0.1, 0.15) is 0 Å². The summed E-state index contributed by atoms with van der Waals surface area (Å²) in [6.45, 7) is 1.77. The van der Waals surface area contributed by atoms with Gasteiger partial charge in [-0.05, 0) is 12.3 Å². The van der Waals surface area contributed by atoms with Gasteiger partial charge in [-0.3, -0.25) is 0 Å². The second kappa shape index (κ2) is 4.30. The maximum absolute atomic E-state index is 11.6. The molecule has 0 saturated carbocycles. The number of aromatic amines is 1. The van der Waals surface area contributed by atoms with Crippen molar-refractivity contribution in [3.05, 3.63) is 12.5 Å². The smallest absolute Gasteiger partial charge is 0.257 e. The molecule has 0 amide bonds. The van der Waals surface area contributed by atoms with Gasteiger partial charge in [0.15, 0.2) is 5.03 Å². The normalized spacial score (nSPS) is 22.0. The Kier molecular flexibility index (Phi) is 3.03. The highest BCUT2D eigenvalue weighted by atomic mass is 32.2. The van der Waals surface area contributed by atoms with E-state index in [0.29, 0.717) is 13.2 Å². The van der Waals surface area contributed by atoms with Gasteiger partial charge in [-0.15, -0.1) is 0 Å². The first-order valence-corrected chi connectivity index (χ1v) is 6.22. The van der Waals surface area contributed by atoms with E-state index in [2.05, 4.69) is 14.7 Å². The molecule has 0 aromatic carbocycles. The van der Waals surface area contributed by atoms with E-state index in [9.17, 15) is 8.42 Å². The molecule has 2 N–H and O–H groups in total. The number of nitrogens with zero attached hydrogens (tertiary/aromatic N) is 1. The first kappa shape index (κ1) is 10.6. The van der Waals surface area contributed by atoms with Crippen molar-refractivity contribution in [2.45, 2.75) is 11.4 Å². The molecule has 0 bridgehead atoms. The number of rotatable bonds is 4. The van der Waals surface area contributed by atoms with Crippen LogP contribution in [0.15, 0.2) is 17.6 Å². The lowest BCUT2D eigenvalue weighted by Gasteiger charge is -2.08. The van der Waals surface area contributed by atoms with Crippen LogP contribution in [0.2, 0.25) is 0 Å². The zero-order chi connectivity index (χ0) is 10.7.